The Morgan fingerprint density at radius 1 is 1.03 bits per heavy atom. The molecular formula is C24H19FN2O3. The molecule has 0 fully saturated rings. The van der Waals surface area contributed by atoms with Gasteiger partial charge in [-0.1, -0.05) is 18.2 Å². The predicted molar refractivity (Wildman–Crippen MR) is 114 cm³/mol. The van der Waals surface area contributed by atoms with E-state index in [1.807, 2.05) is 18.2 Å². The number of nitrogens with one attached hydrogen (secondary N) is 1. The molecule has 1 heterocycles. The average Bonchev–Trinajstić information content (AvgIpc) is 2.75. The Balaban J connectivity index is 1.81. The predicted octanol–water partition coefficient (Wildman–Crippen LogP) is 5.37. The van der Waals surface area contributed by atoms with Crippen molar-refractivity contribution in [3.63, 3.8) is 0 Å². The van der Waals surface area contributed by atoms with Gasteiger partial charge < -0.3 is 14.5 Å². The van der Waals surface area contributed by atoms with Gasteiger partial charge in [-0.2, -0.15) is 0 Å². The summed E-state index contributed by atoms with van der Waals surface area (Å²) in [6.07, 6.45) is 0. The maximum atomic E-state index is 13.5. The van der Waals surface area contributed by atoms with E-state index in [2.05, 4.69) is 10.3 Å². The summed E-state index contributed by atoms with van der Waals surface area (Å²) in [6.45, 7) is 1.75. The van der Waals surface area contributed by atoms with Gasteiger partial charge in [0.25, 0.3) is 5.91 Å². The zero-order chi connectivity index (χ0) is 21.1. The number of carbonyl (C=O) groups excluding carboxylic acids is 1. The van der Waals surface area contributed by atoms with Crippen molar-refractivity contribution in [3.8, 4) is 5.75 Å². The lowest BCUT2D eigenvalue weighted by Crippen LogP contribution is -2.21. The number of fused-ring (bicyclic) bond motifs is 1. The van der Waals surface area contributed by atoms with Crippen LogP contribution in [0.1, 0.15) is 15.9 Å². The zero-order valence-electron chi connectivity index (χ0n) is 16.5. The van der Waals surface area contributed by atoms with Crippen molar-refractivity contribution in [2.45, 2.75) is 6.92 Å². The fraction of sp³-hybridized carbons (Fsp3) is 0.0833. The summed E-state index contributed by atoms with van der Waals surface area (Å²) in [5, 5.41) is 3.62. The maximum absolute atomic E-state index is 13.5. The third kappa shape index (κ3) is 4.07. The standard InChI is InChI=1S/C24H19FN2O3/c1-15-13-17(25)7-12-21(15)27-24-20(14-16-5-3-4-6-22(16)30-24)23(28)26-18-8-10-19(29-2)11-9-18/h3-14H,1-2H3,(H,26,28). The minimum absolute atomic E-state index is 0.148. The topological polar surface area (TPSA) is 63.8 Å². The molecule has 0 aliphatic heterocycles. The van der Waals surface area contributed by atoms with Gasteiger partial charge >= 0.3 is 0 Å². The molecule has 4 aromatic rings. The quantitative estimate of drug-likeness (QED) is 0.499. The number of anilines is 1. The van der Waals surface area contributed by atoms with Gasteiger partial charge in [0.05, 0.1) is 12.8 Å². The highest BCUT2D eigenvalue weighted by Gasteiger charge is 2.14. The summed E-state index contributed by atoms with van der Waals surface area (Å²) < 4.78 is 24.5. The minimum Gasteiger partial charge on any atom is -0.497 e. The number of carbonyl (C=O) groups is 1. The van der Waals surface area contributed by atoms with E-state index in [4.69, 9.17) is 9.15 Å². The van der Waals surface area contributed by atoms with E-state index in [1.54, 1.807) is 56.5 Å². The van der Waals surface area contributed by atoms with Crippen LogP contribution in [-0.4, -0.2) is 13.0 Å². The molecule has 0 aliphatic rings. The monoisotopic (exact) mass is 402 g/mol. The van der Waals surface area contributed by atoms with Gasteiger partial charge in [-0.05, 0) is 67.1 Å². The lowest BCUT2D eigenvalue weighted by Gasteiger charge is -2.08. The second-order valence-corrected chi connectivity index (χ2v) is 6.73. The second kappa shape index (κ2) is 8.21. The van der Waals surface area contributed by atoms with Crippen molar-refractivity contribution in [1.29, 1.82) is 0 Å². The summed E-state index contributed by atoms with van der Waals surface area (Å²) in [5.41, 5.74) is 2.78. The number of rotatable bonds is 4. The molecule has 30 heavy (non-hydrogen) atoms. The molecule has 0 saturated carbocycles. The molecule has 0 bridgehead atoms. The molecule has 1 N–H and O–H groups in total. The maximum Gasteiger partial charge on any atom is 0.261 e. The van der Waals surface area contributed by atoms with Gasteiger partial charge in [0.15, 0.2) is 0 Å². The molecule has 1 aromatic heterocycles. The average molecular weight is 402 g/mol. The molecule has 4 rings (SSSR count). The molecular weight excluding hydrogens is 383 g/mol. The molecule has 0 unspecified atom stereocenters. The Kier molecular flexibility index (Phi) is 5.30. The Morgan fingerprint density at radius 2 is 1.80 bits per heavy atom. The Bertz CT molecular complexity index is 1290. The number of halogens is 1. The summed E-state index contributed by atoms with van der Waals surface area (Å²) in [4.78, 5) is 17.5. The van der Waals surface area contributed by atoms with Gasteiger partial charge in [-0.3, -0.25) is 4.79 Å². The zero-order valence-corrected chi connectivity index (χ0v) is 16.5. The Morgan fingerprint density at radius 3 is 2.53 bits per heavy atom. The van der Waals surface area contributed by atoms with Crippen molar-refractivity contribution in [2.75, 3.05) is 12.4 Å². The van der Waals surface area contributed by atoms with Crippen LogP contribution in [0.3, 0.4) is 0 Å². The molecule has 0 spiro atoms. The largest absolute Gasteiger partial charge is 0.497 e. The molecule has 0 saturated heterocycles. The highest BCUT2D eigenvalue weighted by Crippen LogP contribution is 2.21. The summed E-state index contributed by atoms with van der Waals surface area (Å²) in [6, 6.07) is 20.4. The van der Waals surface area contributed by atoms with Crippen LogP contribution in [0.15, 0.2) is 82.2 Å². The number of para-hydroxylation sites is 1. The summed E-state index contributed by atoms with van der Waals surface area (Å²) in [5.74, 6) is -0.0243. The van der Waals surface area contributed by atoms with Crippen LogP contribution in [0.4, 0.5) is 15.8 Å². The molecule has 0 radical (unpaired) electrons. The van der Waals surface area contributed by atoms with Crippen LogP contribution < -0.4 is 15.6 Å². The van der Waals surface area contributed by atoms with Crippen LogP contribution in [0, 0.1) is 12.7 Å². The SMILES string of the molecule is COc1ccc(NC(=O)c2cc3ccccc3oc2=Nc2ccc(F)cc2C)cc1. The van der Waals surface area contributed by atoms with E-state index in [1.165, 1.54) is 12.1 Å². The van der Waals surface area contributed by atoms with Crippen LogP contribution in [0.2, 0.25) is 0 Å². The number of benzene rings is 3. The van der Waals surface area contributed by atoms with Gasteiger partial charge in [0.1, 0.15) is 22.7 Å². The molecule has 5 nitrogen and oxygen atoms in total. The third-order valence-corrected chi connectivity index (χ3v) is 4.63. The number of aryl methyl sites for hydroxylation is 1. The molecule has 0 atom stereocenters. The van der Waals surface area contributed by atoms with E-state index in [9.17, 15) is 9.18 Å². The fourth-order valence-corrected chi connectivity index (χ4v) is 3.04. The smallest absolute Gasteiger partial charge is 0.261 e. The van der Waals surface area contributed by atoms with Crippen molar-refractivity contribution >= 4 is 28.3 Å². The Labute approximate surface area is 172 Å². The first kappa shape index (κ1) is 19.4. The highest BCUT2D eigenvalue weighted by atomic mass is 19.1. The third-order valence-electron chi connectivity index (χ3n) is 4.63. The van der Waals surface area contributed by atoms with E-state index in [-0.39, 0.29) is 22.8 Å². The van der Waals surface area contributed by atoms with Gasteiger partial charge in [0, 0.05) is 11.1 Å². The molecule has 1 amide bonds. The highest BCUT2D eigenvalue weighted by molar-refractivity contribution is 6.05. The Hall–Kier alpha value is -3.93. The first-order valence-electron chi connectivity index (χ1n) is 9.33. The number of hydrogen-bond donors (Lipinski definition) is 1. The normalized spacial score (nSPS) is 11.5. The number of hydrogen-bond acceptors (Lipinski definition) is 4. The van der Waals surface area contributed by atoms with Gasteiger partial charge in [0.2, 0.25) is 5.55 Å². The van der Waals surface area contributed by atoms with E-state index in [0.717, 1.165) is 5.39 Å². The van der Waals surface area contributed by atoms with Crippen LogP contribution >= 0.6 is 0 Å². The molecule has 3 aromatic carbocycles. The first-order chi connectivity index (χ1) is 14.5. The fourth-order valence-electron chi connectivity index (χ4n) is 3.04. The minimum atomic E-state index is -0.367. The van der Waals surface area contributed by atoms with Crippen LogP contribution in [0.5, 0.6) is 5.75 Å². The summed E-state index contributed by atoms with van der Waals surface area (Å²) >= 11 is 0. The van der Waals surface area contributed by atoms with E-state index < -0.39 is 0 Å². The van der Waals surface area contributed by atoms with Crippen LogP contribution in [-0.2, 0) is 0 Å². The van der Waals surface area contributed by atoms with Gasteiger partial charge in [-0.25, -0.2) is 9.38 Å². The number of amides is 1. The number of nitrogens with zero attached hydrogens (tertiary/aromatic N) is 1. The lowest BCUT2D eigenvalue weighted by atomic mass is 10.1. The molecule has 0 aliphatic carbocycles. The van der Waals surface area contributed by atoms with E-state index >= 15 is 0 Å². The van der Waals surface area contributed by atoms with Crippen molar-refractivity contribution in [3.05, 3.63) is 95.3 Å². The first-order valence-corrected chi connectivity index (χ1v) is 9.33. The number of ether oxygens (including phenoxy) is 1. The lowest BCUT2D eigenvalue weighted by molar-refractivity contribution is 0.102. The van der Waals surface area contributed by atoms with Crippen molar-refractivity contribution in [1.82, 2.24) is 0 Å². The van der Waals surface area contributed by atoms with Crippen molar-refractivity contribution < 1.29 is 18.3 Å². The van der Waals surface area contributed by atoms with Crippen LogP contribution in [0.25, 0.3) is 11.0 Å². The number of methoxy groups -OCH3 is 1. The van der Waals surface area contributed by atoms with E-state index in [0.29, 0.717) is 28.3 Å². The second-order valence-electron chi connectivity index (χ2n) is 6.73. The molecule has 6 heteroatoms. The van der Waals surface area contributed by atoms with Gasteiger partial charge in [-0.15, -0.1) is 0 Å². The summed E-state index contributed by atoms with van der Waals surface area (Å²) in [7, 11) is 1.58. The molecule has 150 valence electrons. The van der Waals surface area contributed by atoms with Crippen molar-refractivity contribution in [2.24, 2.45) is 4.99 Å².